The summed E-state index contributed by atoms with van der Waals surface area (Å²) in [5.74, 6) is 2.20. The van der Waals surface area contributed by atoms with Gasteiger partial charge in [0, 0.05) is 5.02 Å². The minimum atomic E-state index is 0.159. The third-order valence-corrected chi connectivity index (χ3v) is 4.90. The number of hydrogen-bond donors (Lipinski definition) is 0. The van der Waals surface area contributed by atoms with Crippen molar-refractivity contribution < 1.29 is 13.6 Å². The van der Waals surface area contributed by atoms with Crippen LogP contribution in [0.5, 0.6) is 5.75 Å². The fourth-order valence-corrected chi connectivity index (χ4v) is 3.17. The van der Waals surface area contributed by atoms with Gasteiger partial charge in [-0.1, -0.05) is 47.1 Å². The van der Waals surface area contributed by atoms with Gasteiger partial charge in [0.15, 0.2) is 6.61 Å². The molecule has 2 aromatic carbocycles. The lowest BCUT2D eigenvalue weighted by molar-refractivity contribution is 0.252. The van der Waals surface area contributed by atoms with Gasteiger partial charge in [0.2, 0.25) is 11.8 Å². The van der Waals surface area contributed by atoms with Gasteiger partial charge in [0.25, 0.3) is 11.1 Å². The number of aromatic nitrogens is 4. The van der Waals surface area contributed by atoms with E-state index in [2.05, 4.69) is 20.4 Å². The zero-order valence-electron chi connectivity index (χ0n) is 14.2. The van der Waals surface area contributed by atoms with Crippen molar-refractivity contribution in [2.75, 3.05) is 0 Å². The molecule has 0 aliphatic heterocycles. The predicted molar refractivity (Wildman–Crippen MR) is 104 cm³/mol. The average Bonchev–Trinajstić information content (AvgIpc) is 3.36. The Bertz CT molecular complexity index is 1070. The molecule has 4 aromatic rings. The van der Waals surface area contributed by atoms with E-state index in [1.165, 1.54) is 11.8 Å². The second-order valence-corrected chi connectivity index (χ2v) is 7.24. The van der Waals surface area contributed by atoms with Crippen LogP contribution in [-0.2, 0) is 12.4 Å². The minimum Gasteiger partial charge on any atom is -0.484 e. The Labute approximate surface area is 174 Å². The Hall–Kier alpha value is -2.55. The Morgan fingerprint density at radius 2 is 1.64 bits per heavy atom. The van der Waals surface area contributed by atoms with E-state index in [0.717, 1.165) is 0 Å². The van der Waals surface area contributed by atoms with Gasteiger partial charge in [-0.15, -0.1) is 20.4 Å². The molecule has 4 rings (SSSR count). The van der Waals surface area contributed by atoms with Crippen molar-refractivity contribution in [2.45, 2.75) is 17.6 Å². The summed E-state index contributed by atoms with van der Waals surface area (Å²) in [6, 6.07) is 14.3. The van der Waals surface area contributed by atoms with E-state index < -0.39 is 0 Å². The number of thioether (sulfide) groups is 1. The third kappa shape index (κ3) is 4.64. The molecule has 0 saturated heterocycles. The molecule has 0 aliphatic rings. The number of benzene rings is 2. The van der Waals surface area contributed by atoms with Crippen molar-refractivity contribution in [1.29, 1.82) is 0 Å². The first kappa shape index (κ1) is 18.8. The van der Waals surface area contributed by atoms with Crippen LogP contribution in [0, 0.1) is 0 Å². The van der Waals surface area contributed by atoms with E-state index in [-0.39, 0.29) is 6.61 Å². The van der Waals surface area contributed by atoms with Crippen molar-refractivity contribution in [3.05, 3.63) is 70.4 Å². The quantitative estimate of drug-likeness (QED) is 0.362. The molecule has 0 fully saturated rings. The summed E-state index contributed by atoms with van der Waals surface area (Å²) < 4.78 is 16.8. The molecule has 10 heteroatoms. The summed E-state index contributed by atoms with van der Waals surface area (Å²) >= 11 is 13.3. The molecule has 0 spiro atoms. The first-order chi connectivity index (χ1) is 13.7. The Morgan fingerprint density at radius 1 is 0.857 bits per heavy atom. The highest BCUT2D eigenvalue weighted by atomic mass is 35.5. The van der Waals surface area contributed by atoms with Crippen molar-refractivity contribution in [3.63, 3.8) is 0 Å². The molecular formula is C18H12Cl2N4O3S. The van der Waals surface area contributed by atoms with E-state index in [4.69, 9.17) is 36.8 Å². The first-order valence-corrected chi connectivity index (χ1v) is 9.82. The maximum Gasteiger partial charge on any atom is 0.277 e. The van der Waals surface area contributed by atoms with E-state index >= 15 is 0 Å². The standard InChI is InChI=1S/C18H12Cl2N4O3S/c19-11-5-7-12(8-6-11)25-9-15-21-24-18(27-15)28-10-16-22-23-17(26-16)13-3-1-2-4-14(13)20/h1-8H,9-10H2. The highest BCUT2D eigenvalue weighted by molar-refractivity contribution is 7.98. The molecule has 0 bridgehead atoms. The SMILES string of the molecule is Clc1ccc(OCc2nnc(SCc3nnc(-c4ccccc4Cl)o3)o2)cc1. The van der Waals surface area contributed by atoms with Gasteiger partial charge in [-0.3, -0.25) is 0 Å². The topological polar surface area (TPSA) is 87.1 Å². The average molecular weight is 435 g/mol. The fourth-order valence-electron chi connectivity index (χ4n) is 2.21. The molecule has 0 atom stereocenters. The summed E-state index contributed by atoms with van der Waals surface area (Å²) in [5.41, 5.74) is 0.687. The first-order valence-electron chi connectivity index (χ1n) is 8.08. The second kappa shape index (κ2) is 8.64. The van der Waals surface area contributed by atoms with Crippen molar-refractivity contribution in [1.82, 2.24) is 20.4 Å². The summed E-state index contributed by atoms with van der Waals surface area (Å²) in [4.78, 5) is 0. The number of hydrogen-bond acceptors (Lipinski definition) is 8. The number of rotatable bonds is 7. The summed E-state index contributed by atoms with van der Waals surface area (Å²) in [7, 11) is 0. The van der Waals surface area contributed by atoms with Crippen LogP contribution in [-0.4, -0.2) is 20.4 Å². The molecule has 0 aliphatic carbocycles. The summed E-state index contributed by atoms with van der Waals surface area (Å²) in [6.07, 6.45) is 0. The molecule has 0 amide bonds. The van der Waals surface area contributed by atoms with Crippen LogP contribution in [0.4, 0.5) is 0 Å². The van der Waals surface area contributed by atoms with Gasteiger partial charge in [0.1, 0.15) is 5.75 Å². The van der Waals surface area contributed by atoms with Crippen LogP contribution in [0.25, 0.3) is 11.5 Å². The fraction of sp³-hybridized carbons (Fsp3) is 0.111. The molecule has 28 heavy (non-hydrogen) atoms. The van der Waals surface area contributed by atoms with Crippen LogP contribution in [0.1, 0.15) is 11.8 Å². The van der Waals surface area contributed by atoms with Crippen LogP contribution < -0.4 is 4.74 Å². The van der Waals surface area contributed by atoms with Crippen LogP contribution in [0.3, 0.4) is 0 Å². The van der Waals surface area contributed by atoms with Gasteiger partial charge in [0.05, 0.1) is 16.3 Å². The van der Waals surface area contributed by atoms with Gasteiger partial charge in [-0.2, -0.15) is 0 Å². The lowest BCUT2D eigenvalue weighted by atomic mass is 10.2. The van der Waals surface area contributed by atoms with Gasteiger partial charge < -0.3 is 13.6 Å². The van der Waals surface area contributed by atoms with Crippen molar-refractivity contribution in [2.24, 2.45) is 0 Å². The number of nitrogens with zero attached hydrogens (tertiary/aromatic N) is 4. The van der Waals surface area contributed by atoms with Crippen LogP contribution >= 0.6 is 35.0 Å². The molecule has 0 radical (unpaired) electrons. The van der Waals surface area contributed by atoms with E-state index in [1.54, 1.807) is 30.3 Å². The number of halogens is 2. The Morgan fingerprint density at radius 3 is 2.46 bits per heavy atom. The van der Waals surface area contributed by atoms with Gasteiger partial charge >= 0.3 is 0 Å². The smallest absolute Gasteiger partial charge is 0.277 e. The molecule has 2 aromatic heterocycles. The van der Waals surface area contributed by atoms with E-state index in [1.807, 2.05) is 18.2 Å². The Kier molecular flexibility index (Phi) is 5.80. The molecular weight excluding hydrogens is 423 g/mol. The van der Waals surface area contributed by atoms with Crippen molar-refractivity contribution in [3.8, 4) is 17.2 Å². The molecule has 7 nitrogen and oxygen atoms in total. The third-order valence-electron chi connectivity index (χ3n) is 3.51. The number of ether oxygens (including phenoxy) is 1. The largest absolute Gasteiger partial charge is 0.484 e. The monoisotopic (exact) mass is 434 g/mol. The normalized spacial score (nSPS) is 10.9. The maximum atomic E-state index is 6.14. The highest BCUT2D eigenvalue weighted by Gasteiger charge is 2.14. The molecule has 2 heterocycles. The maximum absolute atomic E-state index is 6.14. The summed E-state index contributed by atoms with van der Waals surface area (Å²) in [5, 5.41) is 17.5. The van der Waals surface area contributed by atoms with E-state index in [0.29, 0.717) is 50.0 Å². The zero-order valence-corrected chi connectivity index (χ0v) is 16.5. The highest BCUT2D eigenvalue weighted by Crippen LogP contribution is 2.28. The van der Waals surface area contributed by atoms with Crippen LogP contribution in [0.15, 0.2) is 62.6 Å². The predicted octanol–water partition coefficient (Wildman–Crippen LogP) is 5.30. The van der Waals surface area contributed by atoms with Gasteiger partial charge in [-0.05, 0) is 36.4 Å². The lowest BCUT2D eigenvalue weighted by Gasteiger charge is -2.02. The van der Waals surface area contributed by atoms with Crippen LogP contribution in [0.2, 0.25) is 10.0 Å². The van der Waals surface area contributed by atoms with Crippen molar-refractivity contribution >= 4 is 35.0 Å². The zero-order chi connectivity index (χ0) is 19.3. The molecule has 0 saturated carbocycles. The lowest BCUT2D eigenvalue weighted by Crippen LogP contribution is -1.95. The van der Waals surface area contributed by atoms with E-state index in [9.17, 15) is 0 Å². The molecule has 0 N–H and O–H groups in total. The molecule has 142 valence electrons. The minimum absolute atomic E-state index is 0.159. The van der Waals surface area contributed by atoms with Gasteiger partial charge in [-0.25, -0.2) is 0 Å². The molecule has 0 unspecified atom stereocenters. The Balaban J connectivity index is 1.32. The summed E-state index contributed by atoms with van der Waals surface area (Å²) in [6.45, 7) is 0.159. The second-order valence-electron chi connectivity index (χ2n) is 5.47.